The molecule has 0 saturated heterocycles. The van der Waals surface area contributed by atoms with Crippen LogP contribution in [0.25, 0.3) is 0 Å². The lowest BCUT2D eigenvalue weighted by Crippen LogP contribution is -1.87. The van der Waals surface area contributed by atoms with Crippen molar-refractivity contribution in [3.63, 3.8) is 0 Å². The third-order valence-corrected chi connectivity index (χ3v) is 0.724. The highest BCUT2D eigenvalue weighted by Crippen LogP contribution is 2.02. The Morgan fingerprint density at radius 1 is 1.62 bits per heavy atom. The van der Waals surface area contributed by atoms with Gasteiger partial charge in [0.15, 0.2) is 0 Å². The number of hydrogen-bond donors (Lipinski definition) is 1. The largest absolute Gasteiger partial charge is 0.492 e. The molecular weight excluding hydrogens is 106 g/mol. The van der Waals surface area contributed by atoms with Crippen molar-refractivity contribution in [3.05, 3.63) is 12.0 Å². The van der Waals surface area contributed by atoms with Gasteiger partial charge in [-0.15, -0.1) is 10.2 Å². The van der Waals surface area contributed by atoms with Gasteiger partial charge in [0.1, 0.15) is 5.69 Å². The molecule has 41 valence electrons. The van der Waals surface area contributed by atoms with Gasteiger partial charge < -0.3 is 5.11 Å². The lowest BCUT2D eigenvalue weighted by atomic mass is 10.5. The molecule has 1 radical (unpaired) electrons. The van der Waals surface area contributed by atoms with Gasteiger partial charge in [-0.3, -0.25) is 0 Å². The fourth-order valence-electron chi connectivity index (χ4n) is 0.293. The maximum Gasteiger partial charge on any atom is 0.236 e. The standard InChI is InChI=1S/C4H4N3O/c1-3-4(8)5-2-6-7-3/h1H3,(H,5,6,8). The summed E-state index contributed by atoms with van der Waals surface area (Å²) in [6.07, 6.45) is 2.14. The van der Waals surface area contributed by atoms with E-state index in [4.69, 9.17) is 5.11 Å². The molecule has 0 atom stereocenters. The minimum absolute atomic E-state index is 0.111. The Labute approximate surface area is 46.2 Å². The smallest absolute Gasteiger partial charge is 0.236 e. The monoisotopic (exact) mass is 110 g/mol. The maximum absolute atomic E-state index is 8.67. The van der Waals surface area contributed by atoms with E-state index in [9.17, 15) is 0 Å². The van der Waals surface area contributed by atoms with Gasteiger partial charge in [-0.1, -0.05) is 0 Å². The Balaban J connectivity index is 3.13. The molecule has 0 spiro atoms. The number of hydrogen-bond acceptors (Lipinski definition) is 4. The average Bonchev–Trinajstić information content (AvgIpc) is 1.77. The molecule has 0 fully saturated rings. The van der Waals surface area contributed by atoms with Crippen LogP contribution in [0.1, 0.15) is 5.69 Å². The van der Waals surface area contributed by atoms with E-state index in [0.29, 0.717) is 5.69 Å². The average molecular weight is 110 g/mol. The minimum atomic E-state index is -0.111. The zero-order valence-electron chi connectivity index (χ0n) is 4.29. The summed E-state index contributed by atoms with van der Waals surface area (Å²) in [7, 11) is 0. The van der Waals surface area contributed by atoms with Crippen molar-refractivity contribution in [1.29, 1.82) is 0 Å². The molecule has 0 aromatic carbocycles. The summed E-state index contributed by atoms with van der Waals surface area (Å²) in [4.78, 5) is 3.34. The van der Waals surface area contributed by atoms with Crippen LogP contribution in [-0.4, -0.2) is 20.3 Å². The Morgan fingerprint density at radius 3 is 2.75 bits per heavy atom. The van der Waals surface area contributed by atoms with Crippen molar-refractivity contribution in [2.75, 3.05) is 0 Å². The Bertz CT molecular complexity index is 167. The number of rotatable bonds is 0. The quantitative estimate of drug-likeness (QED) is 0.497. The van der Waals surface area contributed by atoms with E-state index in [1.165, 1.54) is 0 Å². The first-order valence-corrected chi connectivity index (χ1v) is 2.07. The maximum atomic E-state index is 8.67. The lowest BCUT2D eigenvalue weighted by Gasteiger charge is -1.87. The van der Waals surface area contributed by atoms with Crippen LogP contribution in [0.15, 0.2) is 0 Å². The van der Waals surface area contributed by atoms with E-state index in [1.54, 1.807) is 6.92 Å². The summed E-state index contributed by atoms with van der Waals surface area (Å²) in [5, 5.41) is 15.4. The second-order valence-electron chi connectivity index (χ2n) is 1.32. The molecule has 0 aliphatic heterocycles. The summed E-state index contributed by atoms with van der Waals surface area (Å²) < 4.78 is 0. The van der Waals surface area contributed by atoms with Crippen molar-refractivity contribution in [2.45, 2.75) is 6.92 Å². The fourth-order valence-corrected chi connectivity index (χ4v) is 0.293. The molecule has 1 N–H and O–H groups in total. The predicted molar refractivity (Wildman–Crippen MR) is 25.1 cm³/mol. The molecule has 8 heavy (non-hydrogen) atoms. The predicted octanol–water partition coefficient (Wildman–Crippen LogP) is -0.314. The van der Waals surface area contributed by atoms with Crippen LogP contribution in [0.3, 0.4) is 0 Å². The minimum Gasteiger partial charge on any atom is -0.492 e. The number of aryl methyl sites for hydroxylation is 1. The van der Waals surface area contributed by atoms with Gasteiger partial charge in [-0.2, -0.15) is 4.98 Å². The molecule has 1 aromatic rings. The molecule has 1 aromatic heterocycles. The van der Waals surface area contributed by atoms with Crippen LogP contribution < -0.4 is 0 Å². The van der Waals surface area contributed by atoms with E-state index in [2.05, 4.69) is 21.5 Å². The van der Waals surface area contributed by atoms with Crippen LogP contribution in [0.4, 0.5) is 0 Å². The lowest BCUT2D eigenvalue weighted by molar-refractivity contribution is 0.440. The van der Waals surface area contributed by atoms with E-state index >= 15 is 0 Å². The van der Waals surface area contributed by atoms with Crippen molar-refractivity contribution in [3.8, 4) is 5.88 Å². The highest BCUT2D eigenvalue weighted by atomic mass is 16.3. The summed E-state index contributed by atoms with van der Waals surface area (Å²) in [5.74, 6) is -0.111. The second-order valence-corrected chi connectivity index (χ2v) is 1.32. The van der Waals surface area contributed by atoms with Crippen molar-refractivity contribution < 1.29 is 5.11 Å². The molecule has 0 amide bonds. The van der Waals surface area contributed by atoms with E-state index < -0.39 is 0 Å². The van der Waals surface area contributed by atoms with Crippen molar-refractivity contribution in [2.24, 2.45) is 0 Å². The summed E-state index contributed by atoms with van der Waals surface area (Å²) in [5.41, 5.74) is 0.420. The fraction of sp³-hybridized carbons (Fsp3) is 0.250. The summed E-state index contributed by atoms with van der Waals surface area (Å²) in [6.45, 7) is 1.61. The first-order valence-electron chi connectivity index (χ1n) is 2.07. The molecule has 4 heteroatoms. The van der Waals surface area contributed by atoms with Crippen molar-refractivity contribution >= 4 is 0 Å². The normalized spacial score (nSPS) is 9.12. The van der Waals surface area contributed by atoms with Gasteiger partial charge >= 0.3 is 0 Å². The van der Waals surface area contributed by atoms with Crippen LogP contribution in [0.5, 0.6) is 5.88 Å². The zero-order valence-corrected chi connectivity index (χ0v) is 4.29. The SMILES string of the molecule is Cc1nn[c]nc1O. The summed E-state index contributed by atoms with van der Waals surface area (Å²) in [6, 6.07) is 0. The highest BCUT2D eigenvalue weighted by molar-refractivity contribution is 5.09. The molecule has 0 aliphatic rings. The molecular formula is C4H4N3O. The van der Waals surface area contributed by atoms with E-state index in [0.717, 1.165) is 0 Å². The van der Waals surface area contributed by atoms with Gasteiger partial charge in [0.25, 0.3) is 0 Å². The third-order valence-electron chi connectivity index (χ3n) is 0.724. The van der Waals surface area contributed by atoms with Crippen LogP contribution >= 0.6 is 0 Å². The third kappa shape index (κ3) is 0.726. The Morgan fingerprint density at radius 2 is 2.38 bits per heavy atom. The van der Waals surface area contributed by atoms with Gasteiger partial charge in [-0.25, -0.2) is 0 Å². The second kappa shape index (κ2) is 1.73. The van der Waals surface area contributed by atoms with Crippen LogP contribution in [0.2, 0.25) is 0 Å². The molecule has 0 bridgehead atoms. The molecule has 0 saturated carbocycles. The van der Waals surface area contributed by atoms with Gasteiger partial charge in [-0.05, 0) is 6.92 Å². The first kappa shape index (κ1) is 4.96. The number of aromatic nitrogens is 3. The Hall–Kier alpha value is -1.19. The van der Waals surface area contributed by atoms with Gasteiger partial charge in [0.2, 0.25) is 12.2 Å². The summed E-state index contributed by atoms with van der Waals surface area (Å²) >= 11 is 0. The highest BCUT2D eigenvalue weighted by Gasteiger charge is 1.93. The molecule has 0 unspecified atom stereocenters. The molecule has 1 rings (SSSR count). The van der Waals surface area contributed by atoms with Crippen molar-refractivity contribution in [1.82, 2.24) is 15.2 Å². The Kier molecular flexibility index (Phi) is 1.07. The van der Waals surface area contributed by atoms with E-state index in [-0.39, 0.29) is 5.88 Å². The topological polar surface area (TPSA) is 58.9 Å². The molecule has 0 aliphatic carbocycles. The van der Waals surface area contributed by atoms with Crippen LogP contribution in [0, 0.1) is 13.3 Å². The molecule has 1 heterocycles. The first-order chi connectivity index (χ1) is 3.80. The van der Waals surface area contributed by atoms with Gasteiger partial charge in [0.05, 0.1) is 0 Å². The van der Waals surface area contributed by atoms with Gasteiger partial charge in [0, 0.05) is 0 Å². The number of nitrogens with zero attached hydrogens (tertiary/aromatic N) is 3. The zero-order chi connectivity index (χ0) is 5.98. The van der Waals surface area contributed by atoms with E-state index in [1.807, 2.05) is 0 Å². The van der Waals surface area contributed by atoms with Crippen LogP contribution in [-0.2, 0) is 0 Å². The number of aromatic hydroxyl groups is 1. The molecule has 4 nitrogen and oxygen atoms in total.